The van der Waals surface area contributed by atoms with E-state index in [2.05, 4.69) is 24.3 Å². The van der Waals surface area contributed by atoms with Gasteiger partial charge in [0.15, 0.2) is 0 Å². The summed E-state index contributed by atoms with van der Waals surface area (Å²) in [5.41, 5.74) is 3.75. The number of carbonyl (C=O) groups excluding carboxylic acids is 1. The molecule has 0 aliphatic heterocycles. The highest BCUT2D eigenvalue weighted by molar-refractivity contribution is 5.83. The van der Waals surface area contributed by atoms with E-state index < -0.39 is 17.4 Å². The number of fused-ring (bicyclic) bond motifs is 3. The third-order valence-corrected chi connectivity index (χ3v) is 6.12. The van der Waals surface area contributed by atoms with Crippen LogP contribution in [-0.2, 0) is 14.3 Å². The van der Waals surface area contributed by atoms with Gasteiger partial charge in [-0.05, 0) is 35.1 Å². The van der Waals surface area contributed by atoms with Gasteiger partial charge in [0.05, 0.1) is 11.8 Å². The van der Waals surface area contributed by atoms with Crippen LogP contribution in [-0.4, -0.2) is 23.7 Å². The molecule has 2 aliphatic rings. The van der Waals surface area contributed by atoms with Crippen LogP contribution in [0.15, 0.2) is 48.5 Å². The zero-order valence-electron chi connectivity index (χ0n) is 15.3. The van der Waals surface area contributed by atoms with E-state index in [0.29, 0.717) is 12.8 Å². The van der Waals surface area contributed by atoms with Gasteiger partial charge < -0.3 is 9.84 Å². The van der Waals surface area contributed by atoms with Crippen LogP contribution in [0.25, 0.3) is 11.1 Å². The summed E-state index contributed by atoms with van der Waals surface area (Å²) in [6.07, 6.45) is 3.86. The minimum atomic E-state index is -0.944. The molecule has 4 heteroatoms. The molecular formula is C23H24O4. The maximum Gasteiger partial charge on any atom is 0.310 e. The Balaban J connectivity index is 1.49. The first-order valence-corrected chi connectivity index (χ1v) is 9.68. The molecule has 0 atom stereocenters. The van der Waals surface area contributed by atoms with Gasteiger partial charge in [0, 0.05) is 5.92 Å². The topological polar surface area (TPSA) is 63.6 Å². The highest BCUT2D eigenvalue weighted by atomic mass is 16.5. The summed E-state index contributed by atoms with van der Waals surface area (Å²) in [6.45, 7) is 0.253. The highest BCUT2D eigenvalue weighted by Gasteiger charge is 2.42. The standard InChI is InChI=1S/C23H24O4/c24-21(14-23(22(25)26)12-6-1-7-13-23)27-15-20-18-10-4-2-8-16(18)17-9-3-5-11-19(17)20/h2-5,8-11,20H,1,6-7,12-15H2,(H,25,26). The number of benzene rings is 2. The summed E-state index contributed by atoms with van der Waals surface area (Å²) >= 11 is 0. The maximum absolute atomic E-state index is 12.5. The van der Waals surface area contributed by atoms with Crippen molar-refractivity contribution in [3.63, 3.8) is 0 Å². The van der Waals surface area contributed by atoms with Crippen molar-refractivity contribution in [2.75, 3.05) is 6.61 Å². The molecule has 0 aromatic heterocycles. The quantitative estimate of drug-likeness (QED) is 0.777. The minimum Gasteiger partial charge on any atom is -0.481 e. The van der Waals surface area contributed by atoms with Crippen molar-refractivity contribution >= 4 is 11.9 Å². The lowest BCUT2D eigenvalue weighted by Gasteiger charge is -2.32. The fourth-order valence-corrected chi connectivity index (χ4v) is 4.64. The molecule has 4 nitrogen and oxygen atoms in total. The predicted molar refractivity (Wildman–Crippen MR) is 102 cm³/mol. The molecule has 0 amide bonds. The normalized spacial score (nSPS) is 17.8. The molecule has 1 fully saturated rings. The van der Waals surface area contributed by atoms with Crippen molar-refractivity contribution in [2.24, 2.45) is 5.41 Å². The van der Waals surface area contributed by atoms with E-state index in [9.17, 15) is 14.7 Å². The molecule has 0 heterocycles. The molecule has 27 heavy (non-hydrogen) atoms. The van der Waals surface area contributed by atoms with Crippen molar-refractivity contribution in [1.82, 2.24) is 0 Å². The van der Waals surface area contributed by atoms with E-state index in [1.54, 1.807) is 0 Å². The molecule has 0 unspecified atom stereocenters. The molecule has 140 valence electrons. The fourth-order valence-electron chi connectivity index (χ4n) is 4.64. The molecule has 1 N–H and O–H groups in total. The van der Waals surface area contributed by atoms with Crippen molar-refractivity contribution in [2.45, 2.75) is 44.4 Å². The molecule has 4 rings (SSSR count). The Morgan fingerprint density at radius 2 is 1.48 bits per heavy atom. The lowest BCUT2D eigenvalue weighted by Crippen LogP contribution is -2.36. The predicted octanol–water partition coefficient (Wildman–Crippen LogP) is 4.77. The Labute approximate surface area is 159 Å². The van der Waals surface area contributed by atoms with Gasteiger partial charge in [-0.25, -0.2) is 0 Å². The first-order chi connectivity index (χ1) is 13.1. The molecule has 0 bridgehead atoms. The molecule has 1 saturated carbocycles. The number of carbonyl (C=O) groups is 2. The Morgan fingerprint density at radius 3 is 2.04 bits per heavy atom. The van der Waals surface area contributed by atoms with Crippen molar-refractivity contribution in [3.8, 4) is 11.1 Å². The third-order valence-electron chi connectivity index (χ3n) is 6.12. The van der Waals surface area contributed by atoms with Crippen LogP contribution in [0, 0.1) is 5.41 Å². The van der Waals surface area contributed by atoms with E-state index in [-0.39, 0.29) is 18.9 Å². The number of rotatable bonds is 5. The average molecular weight is 364 g/mol. The third kappa shape index (κ3) is 3.25. The largest absolute Gasteiger partial charge is 0.481 e. The monoisotopic (exact) mass is 364 g/mol. The molecule has 0 saturated heterocycles. The average Bonchev–Trinajstić information content (AvgIpc) is 3.01. The van der Waals surface area contributed by atoms with Crippen LogP contribution in [0.4, 0.5) is 0 Å². The van der Waals surface area contributed by atoms with Gasteiger partial charge in [-0.3, -0.25) is 9.59 Å². The van der Waals surface area contributed by atoms with Crippen LogP contribution >= 0.6 is 0 Å². The minimum absolute atomic E-state index is 0.00786. The summed E-state index contributed by atoms with van der Waals surface area (Å²) in [4.78, 5) is 24.3. The molecule has 2 aromatic carbocycles. The number of carboxylic acid groups (broad SMARTS) is 1. The molecule has 0 radical (unpaired) electrons. The Hall–Kier alpha value is -2.62. The summed E-state index contributed by atoms with van der Waals surface area (Å²) < 4.78 is 5.62. The number of aliphatic carboxylic acids is 1. The van der Waals surface area contributed by atoms with E-state index in [4.69, 9.17) is 4.74 Å². The van der Waals surface area contributed by atoms with Crippen LogP contribution in [0.5, 0.6) is 0 Å². The lowest BCUT2D eigenvalue weighted by molar-refractivity contribution is -0.160. The van der Waals surface area contributed by atoms with Crippen LogP contribution in [0.3, 0.4) is 0 Å². The summed E-state index contributed by atoms with van der Waals surface area (Å²) in [6, 6.07) is 16.4. The van der Waals surface area contributed by atoms with Gasteiger partial charge in [-0.1, -0.05) is 67.8 Å². The second kappa shape index (κ2) is 7.18. The summed E-state index contributed by atoms with van der Waals surface area (Å²) in [5, 5.41) is 9.67. The number of ether oxygens (including phenoxy) is 1. The summed E-state index contributed by atoms with van der Waals surface area (Å²) in [7, 11) is 0. The Kier molecular flexibility index (Phi) is 4.73. The van der Waals surface area contributed by atoms with Crippen LogP contribution < -0.4 is 0 Å². The van der Waals surface area contributed by atoms with Crippen LogP contribution in [0.1, 0.15) is 55.6 Å². The van der Waals surface area contributed by atoms with Gasteiger partial charge in [0.1, 0.15) is 6.61 Å². The maximum atomic E-state index is 12.5. The smallest absolute Gasteiger partial charge is 0.310 e. The second-order valence-electron chi connectivity index (χ2n) is 7.73. The Morgan fingerprint density at radius 1 is 0.926 bits per heavy atom. The van der Waals surface area contributed by atoms with Gasteiger partial charge >= 0.3 is 11.9 Å². The number of hydrogen-bond donors (Lipinski definition) is 1. The van der Waals surface area contributed by atoms with Gasteiger partial charge in [-0.15, -0.1) is 0 Å². The number of hydrogen-bond acceptors (Lipinski definition) is 3. The SMILES string of the molecule is O=C(CC1(C(=O)O)CCCCC1)OCC1c2ccccc2-c2ccccc21. The van der Waals surface area contributed by atoms with Gasteiger partial charge in [0.2, 0.25) is 0 Å². The second-order valence-corrected chi connectivity index (χ2v) is 7.73. The molecular weight excluding hydrogens is 340 g/mol. The van der Waals surface area contributed by atoms with Crippen molar-refractivity contribution < 1.29 is 19.4 Å². The first kappa shape index (κ1) is 17.8. The zero-order chi connectivity index (χ0) is 18.9. The van der Waals surface area contributed by atoms with Gasteiger partial charge in [0.25, 0.3) is 0 Å². The van der Waals surface area contributed by atoms with E-state index in [1.807, 2.05) is 24.3 Å². The number of carboxylic acids is 1. The van der Waals surface area contributed by atoms with Gasteiger partial charge in [-0.2, -0.15) is 0 Å². The highest BCUT2D eigenvalue weighted by Crippen LogP contribution is 2.45. The number of esters is 1. The van der Waals surface area contributed by atoms with E-state index in [0.717, 1.165) is 30.4 Å². The fraction of sp³-hybridized carbons (Fsp3) is 0.391. The van der Waals surface area contributed by atoms with Crippen molar-refractivity contribution in [3.05, 3.63) is 59.7 Å². The molecule has 0 spiro atoms. The van der Waals surface area contributed by atoms with Crippen LogP contribution in [0.2, 0.25) is 0 Å². The lowest BCUT2D eigenvalue weighted by atomic mass is 9.72. The van der Waals surface area contributed by atoms with E-state index in [1.165, 1.54) is 11.1 Å². The first-order valence-electron chi connectivity index (χ1n) is 9.68. The molecule has 2 aliphatic carbocycles. The van der Waals surface area contributed by atoms with Crippen molar-refractivity contribution in [1.29, 1.82) is 0 Å². The Bertz CT molecular complexity index is 819. The summed E-state index contributed by atoms with van der Waals surface area (Å²) in [5.74, 6) is -1.26. The molecule has 2 aromatic rings. The van der Waals surface area contributed by atoms with E-state index >= 15 is 0 Å². The zero-order valence-corrected chi connectivity index (χ0v) is 15.3.